The Morgan fingerprint density at radius 1 is 1.00 bits per heavy atom. The Hall–Kier alpha value is -3.72. The Bertz CT molecular complexity index is 1110. The zero-order valence-corrected chi connectivity index (χ0v) is 18.6. The van der Waals surface area contributed by atoms with Gasteiger partial charge in [-0.1, -0.05) is 6.07 Å². The number of Topliss-reactive ketones (excluding diaryl/α,β-unsaturated/α-hetero) is 1. The van der Waals surface area contributed by atoms with Crippen LogP contribution in [0.15, 0.2) is 42.0 Å². The maximum absolute atomic E-state index is 13.1. The van der Waals surface area contributed by atoms with Crippen molar-refractivity contribution in [3.8, 4) is 23.0 Å². The van der Waals surface area contributed by atoms with E-state index in [1.807, 2.05) is 0 Å². The van der Waals surface area contributed by atoms with Gasteiger partial charge >= 0.3 is 0 Å². The fourth-order valence-electron chi connectivity index (χ4n) is 4.02. The first-order chi connectivity index (χ1) is 16.0. The van der Waals surface area contributed by atoms with Crippen LogP contribution in [0.2, 0.25) is 0 Å². The van der Waals surface area contributed by atoms with Crippen LogP contribution in [0.4, 0.5) is 0 Å². The van der Waals surface area contributed by atoms with E-state index in [9.17, 15) is 14.7 Å². The predicted octanol–water partition coefficient (Wildman–Crippen LogP) is 2.54. The summed E-state index contributed by atoms with van der Waals surface area (Å²) in [4.78, 5) is 27.4. The number of amides is 1. The molecule has 1 fully saturated rings. The second-order valence-electron chi connectivity index (χ2n) is 7.46. The molecule has 2 aliphatic rings. The number of rotatable bonds is 7. The Morgan fingerprint density at radius 2 is 1.73 bits per heavy atom. The smallest absolute Gasteiger partial charge is 0.295 e. The van der Waals surface area contributed by atoms with Crippen LogP contribution in [-0.4, -0.2) is 69.4 Å². The molecule has 174 valence electrons. The van der Waals surface area contributed by atoms with E-state index in [0.29, 0.717) is 47.3 Å². The molecule has 1 saturated heterocycles. The van der Waals surface area contributed by atoms with E-state index in [1.54, 1.807) is 36.4 Å². The van der Waals surface area contributed by atoms with Crippen molar-refractivity contribution in [1.82, 2.24) is 4.90 Å². The van der Waals surface area contributed by atoms with Gasteiger partial charge in [-0.2, -0.15) is 0 Å². The third-order valence-electron chi connectivity index (χ3n) is 5.62. The van der Waals surface area contributed by atoms with E-state index in [1.165, 1.54) is 26.2 Å². The van der Waals surface area contributed by atoms with E-state index in [-0.39, 0.29) is 24.5 Å². The Morgan fingerprint density at radius 3 is 2.42 bits per heavy atom. The average Bonchev–Trinajstić information content (AvgIpc) is 3.11. The number of fused-ring (bicyclic) bond motifs is 1. The highest BCUT2D eigenvalue weighted by Crippen LogP contribution is 2.42. The Labute approximate surface area is 191 Å². The molecular formula is C24H25NO8. The van der Waals surface area contributed by atoms with Crippen molar-refractivity contribution in [2.75, 3.05) is 47.7 Å². The first-order valence-corrected chi connectivity index (χ1v) is 10.4. The van der Waals surface area contributed by atoms with E-state index in [2.05, 4.69) is 0 Å². The third-order valence-corrected chi connectivity index (χ3v) is 5.62. The van der Waals surface area contributed by atoms with Crippen molar-refractivity contribution in [1.29, 1.82) is 0 Å². The van der Waals surface area contributed by atoms with Gasteiger partial charge in [0.05, 0.1) is 32.4 Å². The summed E-state index contributed by atoms with van der Waals surface area (Å²) in [5, 5.41) is 11.2. The first-order valence-electron chi connectivity index (χ1n) is 10.4. The number of methoxy groups -OCH3 is 3. The van der Waals surface area contributed by atoms with Crippen LogP contribution >= 0.6 is 0 Å². The van der Waals surface area contributed by atoms with Crippen molar-refractivity contribution < 1.29 is 38.4 Å². The molecule has 4 rings (SSSR count). The summed E-state index contributed by atoms with van der Waals surface area (Å²) in [7, 11) is 4.53. The highest BCUT2D eigenvalue weighted by molar-refractivity contribution is 6.46. The second-order valence-corrected chi connectivity index (χ2v) is 7.46. The number of ketones is 1. The summed E-state index contributed by atoms with van der Waals surface area (Å²) in [6, 6.07) is 9.15. The number of carbonyl (C=O) groups excluding carboxylic acids is 2. The lowest BCUT2D eigenvalue weighted by Crippen LogP contribution is -2.32. The number of hydrogen-bond donors (Lipinski definition) is 1. The van der Waals surface area contributed by atoms with Gasteiger partial charge in [0.1, 0.15) is 19.0 Å². The topological polar surface area (TPSA) is 104 Å². The summed E-state index contributed by atoms with van der Waals surface area (Å²) in [6.45, 7) is 1.20. The molecule has 1 N–H and O–H groups in total. The lowest BCUT2D eigenvalue weighted by molar-refractivity contribution is -0.140. The third kappa shape index (κ3) is 4.07. The van der Waals surface area contributed by atoms with E-state index >= 15 is 0 Å². The van der Waals surface area contributed by atoms with E-state index in [4.69, 9.17) is 23.7 Å². The molecule has 0 aliphatic carbocycles. The number of nitrogens with zero attached hydrogens (tertiary/aromatic N) is 1. The zero-order valence-electron chi connectivity index (χ0n) is 18.6. The second kappa shape index (κ2) is 9.41. The van der Waals surface area contributed by atoms with Crippen molar-refractivity contribution >= 4 is 17.4 Å². The number of benzene rings is 2. The van der Waals surface area contributed by atoms with Crippen LogP contribution in [0, 0.1) is 0 Å². The quantitative estimate of drug-likeness (QED) is 0.386. The van der Waals surface area contributed by atoms with Gasteiger partial charge in [0.25, 0.3) is 11.7 Å². The van der Waals surface area contributed by atoms with Crippen LogP contribution < -0.4 is 18.9 Å². The maximum Gasteiger partial charge on any atom is 0.295 e. The van der Waals surface area contributed by atoms with Gasteiger partial charge in [-0.05, 0) is 35.9 Å². The molecule has 1 atom stereocenters. The minimum absolute atomic E-state index is 0.0278. The molecule has 2 aromatic carbocycles. The van der Waals surface area contributed by atoms with Gasteiger partial charge in [-0.15, -0.1) is 0 Å². The fourth-order valence-corrected chi connectivity index (χ4v) is 4.02. The molecule has 9 nitrogen and oxygen atoms in total. The minimum Gasteiger partial charge on any atom is -0.507 e. The Balaban J connectivity index is 1.85. The number of hydrogen-bond acceptors (Lipinski definition) is 8. The lowest BCUT2D eigenvalue weighted by Gasteiger charge is -2.25. The van der Waals surface area contributed by atoms with Crippen molar-refractivity contribution in [3.63, 3.8) is 0 Å². The zero-order chi connectivity index (χ0) is 23.5. The number of aliphatic hydroxyl groups excluding tert-OH is 1. The molecule has 0 spiro atoms. The van der Waals surface area contributed by atoms with Crippen LogP contribution in [0.3, 0.4) is 0 Å². The highest BCUT2D eigenvalue weighted by atomic mass is 16.6. The predicted molar refractivity (Wildman–Crippen MR) is 118 cm³/mol. The molecule has 1 amide bonds. The standard InChI is InChI=1S/C24H25NO8/c1-29-9-8-25-21(14-4-6-16(30-2)18(12-14)31-3)20(23(27)24(25)28)22(26)15-5-7-17-19(13-15)33-11-10-32-17/h4-7,12-13,21,26H,8-11H2,1-3H3. The van der Waals surface area contributed by atoms with Gasteiger partial charge in [-0.3, -0.25) is 9.59 Å². The molecule has 9 heteroatoms. The van der Waals surface area contributed by atoms with Gasteiger partial charge < -0.3 is 33.7 Å². The van der Waals surface area contributed by atoms with Gasteiger partial charge in [0.15, 0.2) is 23.0 Å². The number of aliphatic hydroxyl groups is 1. The first kappa shape index (κ1) is 22.5. The van der Waals surface area contributed by atoms with Crippen molar-refractivity contribution in [3.05, 3.63) is 53.1 Å². The molecule has 0 bridgehead atoms. The molecule has 1 unspecified atom stereocenters. The fraction of sp³-hybridized carbons (Fsp3) is 0.333. The van der Waals surface area contributed by atoms with E-state index in [0.717, 1.165) is 0 Å². The van der Waals surface area contributed by atoms with Crippen LogP contribution in [-0.2, 0) is 14.3 Å². The van der Waals surface area contributed by atoms with Crippen LogP contribution in [0.25, 0.3) is 5.76 Å². The Kier molecular flexibility index (Phi) is 6.41. The molecule has 2 aliphatic heterocycles. The molecule has 2 aromatic rings. The van der Waals surface area contributed by atoms with Gasteiger partial charge in [0, 0.05) is 19.2 Å². The monoisotopic (exact) mass is 455 g/mol. The maximum atomic E-state index is 13.1. The number of likely N-dealkylation sites (tertiary alicyclic amines) is 1. The average molecular weight is 455 g/mol. The summed E-state index contributed by atoms with van der Waals surface area (Å²) in [5.74, 6) is 0.152. The van der Waals surface area contributed by atoms with Crippen LogP contribution in [0.1, 0.15) is 17.2 Å². The van der Waals surface area contributed by atoms with Crippen LogP contribution in [0.5, 0.6) is 23.0 Å². The molecule has 0 aromatic heterocycles. The summed E-state index contributed by atoms with van der Waals surface area (Å²) in [5.41, 5.74) is 0.900. The molecule has 33 heavy (non-hydrogen) atoms. The molecule has 0 saturated carbocycles. The van der Waals surface area contributed by atoms with Gasteiger partial charge in [-0.25, -0.2) is 0 Å². The largest absolute Gasteiger partial charge is 0.507 e. The number of ether oxygens (including phenoxy) is 5. The van der Waals surface area contributed by atoms with Crippen molar-refractivity contribution in [2.24, 2.45) is 0 Å². The molecule has 2 heterocycles. The summed E-state index contributed by atoms with van der Waals surface area (Å²) >= 11 is 0. The summed E-state index contributed by atoms with van der Waals surface area (Å²) < 4.78 is 27.0. The van der Waals surface area contributed by atoms with E-state index < -0.39 is 17.7 Å². The molecular weight excluding hydrogens is 430 g/mol. The molecule has 0 radical (unpaired) electrons. The number of carbonyl (C=O) groups is 2. The highest BCUT2D eigenvalue weighted by Gasteiger charge is 2.46. The SMILES string of the molecule is COCCN1C(=O)C(=O)C(=C(O)c2ccc3c(c2)OCCO3)C1c1ccc(OC)c(OC)c1. The van der Waals surface area contributed by atoms with Crippen molar-refractivity contribution in [2.45, 2.75) is 6.04 Å². The van der Waals surface area contributed by atoms with Gasteiger partial charge in [0.2, 0.25) is 0 Å². The summed E-state index contributed by atoms with van der Waals surface area (Å²) in [6.07, 6.45) is 0. The normalized spacial score (nSPS) is 19.0. The minimum atomic E-state index is -0.840. The lowest BCUT2D eigenvalue weighted by atomic mass is 9.95.